The van der Waals surface area contributed by atoms with Gasteiger partial charge in [-0.15, -0.1) is 0 Å². The number of nitrogens with one attached hydrogen (secondary N) is 1. The molecule has 4 aromatic rings. The van der Waals surface area contributed by atoms with Crippen LogP contribution in [0.2, 0.25) is 5.02 Å². The first-order chi connectivity index (χ1) is 14.4. The fraction of sp³-hybridized carbons (Fsp3) is 0.0455. The molecule has 0 amide bonds. The number of sulfone groups is 1. The summed E-state index contributed by atoms with van der Waals surface area (Å²) in [6.07, 6.45) is 6.13. The minimum Gasteiger partial charge on any atom is -0.340 e. The molecule has 148 valence electrons. The maximum atomic E-state index is 11.6. The zero-order valence-electron chi connectivity index (χ0n) is 15.8. The van der Waals surface area contributed by atoms with E-state index in [1.54, 1.807) is 55.0 Å². The smallest absolute Gasteiger partial charge is 0.175 e. The van der Waals surface area contributed by atoms with Gasteiger partial charge in [-0.3, -0.25) is 0 Å². The van der Waals surface area contributed by atoms with Crippen LogP contribution in [0, 0.1) is 11.8 Å². The number of fused-ring (bicyclic) bond motifs is 1. The zero-order chi connectivity index (χ0) is 21.1. The lowest BCUT2D eigenvalue weighted by Crippen LogP contribution is -1.98. The quantitative estimate of drug-likeness (QED) is 0.486. The fourth-order valence-electron chi connectivity index (χ4n) is 2.74. The summed E-state index contributed by atoms with van der Waals surface area (Å²) < 4.78 is 23.2. The highest BCUT2D eigenvalue weighted by molar-refractivity contribution is 7.90. The van der Waals surface area contributed by atoms with Crippen molar-refractivity contribution in [3.8, 4) is 11.8 Å². The van der Waals surface area contributed by atoms with E-state index < -0.39 is 9.84 Å². The highest BCUT2D eigenvalue weighted by Gasteiger charge is 2.07. The third-order valence-electron chi connectivity index (χ3n) is 4.24. The Kier molecular flexibility index (Phi) is 5.36. The SMILES string of the molecule is CS(=O)(=O)c1ccc(Nc2cc3c(C#Cc4ccc(Cl)cn4)nccc3cn2)cc1. The highest BCUT2D eigenvalue weighted by atomic mass is 35.5. The summed E-state index contributed by atoms with van der Waals surface area (Å²) in [5, 5.41) is 5.46. The Balaban J connectivity index is 1.65. The molecule has 0 saturated carbocycles. The third-order valence-corrected chi connectivity index (χ3v) is 5.59. The fourth-order valence-corrected chi connectivity index (χ4v) is 3.48. The van der Waals surface area contributed by atoms with E-state index in [1.807, 2.05) is 12.1 Å². The molecule has 0 unspecified atom stereocenters. The monoisotopic (exact) mass is 434 g/mol. The molecular weight excluding hydrogens is 420 g/mol. The second kappa shape index (κ2) is 8.11. The molecule has 0 aliphatic carbocycles. The molecule has 0 aliphatic heterocycles. The number of nitrogens with zero attached hydrogens (tertiary/aromatic N) is 3. The van der Waals surface area contributed by atoms with Crippen molar-refractivity contribution in [2.45, 2.75) is 4.90 Å². The number of hydrogen-bond donors (Lipinski definition) is 1. The van der Waals surface area contributed by atoms with Gasteiger partial charge in [0.25, 0.3) is 0 Å². The summed E-state index contributed by atoms with van der Waals surface area (Å²) in [4.78, 5) is 13.2. The predicted molar refractivity (Wildman–Crippen MR) is 118 cm³/mol. The lowest BCUT2D eigenvalue weighted by molar-refractivity contribution is 0.602. The van der Waals surface area contributed by atoms with Gasteiger partial charge in [0.15, 0.2) is 9.84 Å². The van der Waals surface area contributed by atoms with Gasteiger partial charge in [-0.25, -0.2) is 23.4 Å². The normalized spacial score (nSPS) is 11.0. The van der Waals surface area contributed by atoms with Crippen molar-refractivity contribution >= 4 is 43.7 Å². The maximum Gasteiger partial charge on any atom is 0.175 e. The van der Waals surface area contributed by atoms with Crippen LogP contribution in [0.5, 0.6) is 0 Å². The summed E-state index contributed by atoms with van der Waals surface area (Å²) in [5.74, 6) is 6.63. The van der Waals surface area contributed by atoms with Crippen LogP contribution in [0.1, 0.15) is 11.4 Å². The molecule has 8 heteroatoms. The second-order valence-corrected chi connectivity index (χ2v) is 8.94. The van der Waals surface area contributed by atoms with Crippen molar-refractivity contribution < 1.29 is 8.42 Å². The summed E-state index contributed by atoms with van der Waals surface area (Å²) in [7, 11) is -3.24. The van der Waals surface area contributed by atoms with Gasteiger partial charge in [0.2, 0.25) is 0 Å². The first kappa shape index (κ1) is 19.8. The molecule has 30 heavy (non-hydrogen) atoms. The van der Waals surface area contributed by atoms with Crippen molar-refractivity contribution in [3.63, 3.8) is 0 Å². The van der Waals surface area contributed by atoms with Crippen LogP contribution in [-0.2, 0) is 9.84 Å². The first-order valence-electron chi connectivity index (χ1n) is 8.84. The number of anilines is 2. The molecule has 4 rings (SSSR count). The minimum absolute atomic E-state index is 0.261. The average Bonchev–Trinajstić information content (AvgIpc) is 2.73. The third kappa shape index (κ3) is 4.57. The Morgan fingerprint density at radius 1 is 0.933 bits per heavy atom. The molecule has 3 heterocycles. The minimum atomic E-state index is -3.24. The zero-order valence-corrected chi connectivity index (χ0v) is 17.4. The van der Waals surface area contributed by atoms with Crippen molar-refractivity contribution in [1.29, 1.82) is 0 Å². The van der Waals surface area contributed by atoms with Crippen molar-refractivity contribution in [3.05, 3.63) is 83.5 Å². The Labute approximate surface area is 178 Å². The van der Waals surface area contributed by atoms with E-state index in [2.05, 4.69) is 32.1 Å². The lowest BCUT2D eigenvalue weighted by atomic mass is 10.1. The Morgan fingerprint density at radius 2 is 1.73 bits per heavy atom. The number of aromatic nitrogens is 3. The Hall–Kier alpha value is -3.47. The van der Waals surface area contributed by atoms with Crippen LogP contribution in [0.25, 0.3) is 10.8 Å². The van der Waals surface area contributed by atoms with Crippen LogP contribution >= 0.6 is 11.6 Å². The van der Waals surface area contributed by atoms with E-state index >= 15 is 0 Å². The summed E-state index contributed by atoms with van der Waals surface area (Å²) in [6.45, 7) is 0. The molecule has 6 nitrogen and oxygen atoms in total. The van der Waals surface area contributed by atoms with Crippen molar-refractivity contribution in [2.75, 3.05) is 11.6 Å². The molecule has 3 aromatic heterocycles. The van der Waals surface area contributed by atoms with E-state index in [4.69, 9.17) is 11.6 Å². The van der Waals surface area contributed by atoms with Gasteiger partial charge in [-0.2, -0.15) is 0 Å². The maximum absolute atomic E-state index is 11.6. The molecule has 1 aromatic carbocycles. The van der Waals surface area contributed by atoms with E-state index in [-0.39, 0.29) is 4.90 Å². The van der Waals surface area contributed by atoms with Crippen LogP contribution in [0.3, 0.4) is 0 Å². The van der Waals surface area contributed by atoms with Gasteiger partial charge in [-0.05, 0) is 60.4 Å². The molecule has 0 radical (unpaired) electrons. The predicted octanol–water partition coefficient (Wildman–Crippen LogP) is 4.23. The Morgan fingerprint density at radius 3 is 2.43 bits per heavy atom. The van der Waals surface area contributed by atoms with Gasteiger partial charge in [0.05, 0.1) is 9.92 Å². The van der Waals surface area contributed by atoms with Crippen molar-refractivity contribution in [2.24, 2.45) is 0 Å². The molecule has 0 fully saturated rings. The molecule has 1 N–H and O–H groups in total. The van der Waals surface area contributed by atoms with Crippen LogP contribution in [-0.4, -0.2) is 29.6 Å². The van der Waals surface area contributed by atoms with E-state index in [0.717, 1.165) is 16.5 Å². The number of hydrogen-bond acceptors (Lipinski definition) is 6. The molecule has 0 aliphatic rings. The van der Waals surface area contributed by atoms with Gasteiger partial charge >= 0.3 is 0 Å². The van der Waals surface area contributed by atoms with E-state index in [1.165, 1.54) is 6.26 Å². The number of benzene rings is 1. The van der Waals surface area contributed by atoms with Gasteiger partial charge in [0.1, 0.15) is 17.2 Å². The number of halogens is 1. The van der Waals surface area contributed by atoms with Gasteiger partial charge in [-0.1, -0.05) is 11.6 Å². The summed E-state index contributed by atoms with van der Waals surface area (Å²) in [5.41, 5.74) is 1.91. The van der Waals surface area contributed by atoms with Crippen molar-refractivity contribution in [1.82, 2.24) is 15.0 Å². The summed E-state index contributed by atoms with van der Waals surface area (Å²) in [6, 6.07) is 13.7. The highest BCUT2D eigenvalue weighted by Crippen LogP contribution is 2.22. The second-order valence-electron chi connectivity index (χ2n) is 6.48. The number of pyridine rings is 3. The molecule has 0 spiro atoms. The number of rotatable bonds is 3. The average molecular weight is 435 g/mol. The molecule has 0 saturated heterocycles. The van der Waals surface area contributed by atoms with Gasteiger partial charge < -0.3 is 5.32 Å². The standard InChI is InChI=1S/C22H15ClN4O2S/c1-30(28,29)19-7-4-18(5-8-19)27-22-12-20-15(13-26-22)10-11-24-21(20)9-6-17-3-2-16(23)14-25-17/h2-5,7-8,10-14H,1H3,(H,26,27). The van der Waals surface area contributed by atoms with Crippen LogP contribution in [0.4, 0.5) is 11.5 Å². The van der Waals surface area contributed by atoms with Crippen LogP contribution in [0.15, 0.2) is 72.0 Å². The molecule has 0 bridgehead atoms. The molecular formula is C22H15ClN4O2S. The lowest BCUT2D eigenvalue weighted by Gasteiger charge is -2.08. The largest absolute Gasteiger partial charge is 0.340 e. The van der Waals surface area contributed by atoms with E-state index in [9.17, 15) is 8.42 Å². The van der Waals surface area contributed by atoms with Gasteiger partial charge in [0, 0.05) is 41.3 Å². The topological polar surface area (TPSA) is 84.8 Å². The van der Waals surface area contributed by atoms with Crippen LogP contribution < -0.4 is 5.32 Å². The Bertz CT molecular complexity index is 1390. The first-order valence-corrected chi connectivity index (χ1v) is 11.1. The van der Waals surface area contributed by atoms with E-state index in [0.29, 0.717) is 22.2 Å². The molecule has 0 atom stereocenters. The summed E-state index contributed by atoms with van der Waals surface area (Å²) >= 11 is 5.85.